The first-order valence-corrected chi connectivity index (χ1v) is 11.1. The predicted octanol–water partition coefficient (Wildman–Crippen LogP) is 3.76. The molecule has 2 fully saturated rings. The maximum absolute atomic E-state index is 13.0. The van der Waals surface area contributed by atoms with E-state index in [0.29, 0.717) is 39.0 Å². The number of pyridine rings is 1. The van der Waals surface area contributed by atoms with Crippen LogP contribution in [0.15, 0.2) is 48.8 Å². The van der Waals surface area contributed by atoms with Gasteiger partial charge in [-0.05, 0) is 42.7 Å². The van der Waals surface area contributed by atoms with Gasteiger partial charge in [-0.2, -0.15) is 13.2 Å². The van der Waals surface area contributed by atoms with Crippen molar-refractivity contribution in [1.82, 2.24) is 9.88 Å². The van der Waals surface area contributed by atoms with Crippen LogP contribution in [0.25, 0.3) is 0 Å². The van der Waals surface area contributed by atoms with Crippen molar-refractivity contribution in [2.24, 2.45) is 5.73 Å². The monoisotopic (exact) mass is 463 g/mol. The third-order valence-electron chi connectivity index (χ3n) is 6.83. The topological polar surface area (TPSA) is 77.7 Å². The van der Waals surface area contributed by atoms with Gasteiger partial charge in [-0.3, -0.25) is 14.7 Å². The maximum atomic E-state index is 13.0. The molecular formula is C24H28F3N3O3. The quantitative estimate of drug-likeness (QED) is 0.706. The van der Waals surface area contributed by atoms with Crippen molar-refractivity contribution in [1.29, 1.82) is 0 Å². The van der Waals surface area contributed by atoms with Crippen LogP contribution in [-0.4, -0.2) is 53.2 Å². The number of halogens is 3. The highest BCUT2D eigenvalue weighted by atomic mass is 19.4. The second-order valence-electron chi connectivity index (χ2n) is 8.83. The number of benzene rings is 1. The summed E-state index contributed by atoms with van der Waals surface area (Å²) in [5, 5.41) is 0. The van der Waals surface area contributed by atoms with Gasteiger partial charge in [0.2, 0.25) is 5.91 Å². The maximum Gasteiger partial charge on any atom is 0.416 e. The summed E-state index contributed by atoms with van der Waals surface area (Å²) in [6, 6.07) is 8.72. The van der Waals surface area contributed by atoms with Crippen LogP contribution in [0.3, 0.4) is 0 Å². The first-order chi connectivity index (χ1) is 15.7. The second-order valence-corrected chi connectivity index (χ2v) is 8.83. The lowest BCUT2D eigenvalue weighted by Crippen LogP contribution is -2.61. The van der Waals surface area contributed by atoms with Gasteiger partial charge < -0.3 is 15.2 Å². The summed E-state index contributed by atoms with van der Waals surface area (Å²) in [6.07, 6.45) is 0.0298. The Morgan fingerprint density at radius 3 is 2.85 bits per heavy atom. The van der Waals surface area contributed by atoms with Crippen molar-refractivity contribution in [3.8, 4) is 5.75 Å². The average molecular weight is 464 g/mol. The van der Waals surface area contributed by atoms with Gasteiger partial charge in [0, 0.05) is 44.4 Å². The van der Waals surface area contributed by atoms with Crippen molar-refractivity contribution in [3.05, 3.63) is 59.9 Å². The van der Waals surface area contributed by atoms with Crippen molar-refractivity contribution >= 4 is 5.91 Å². The summed E-state index contributed by atoms with van der Waals surface area (Å²) >= 11 is 0. The Kier molecular flexibility index (Phi) is 6.63. The molecule has 2 saturated heterocycles. The number of rotatable bonds is 6. The molecule has 0 spiro atoms. The first-order valence-electron chi connectivity index (χ1n) is 11.1. The molecule has 2 aromatic rings. The van der Waals surface area contributed by atoms with Crippen molar-refractivity contribution in [2.45, 2.75) is 56.0 Å². The molecule has 1 aromatic carbocycles. The molecule has 178 valence electrons. The molecule has 0 aliphatic carbocycles. The number of alkyl halides is 3. The minimum absolute atomic E-state index is 0.0254. The standard InChI is InChI=1S/C24H28F3N3O3/c1-16(17-4-3-9-29-14-17)21-13-23(22(28)31,8-11-32-21)30-10-7-20(15-30)33-19-6-2-5-18(12-19)24(25,26)27/h2-6,9,12,14,16,20-21H,7-8,10-11,13,15H2,1H3,(H2,28,31)/t16-,20?,21?,23?/m0/s1. The molecule has 2 N–H and O–H groups in total. The second kappa shape index (κ2) is 9.30. The van der Waals surface area contributed by atoms with E-state index in [4.69, 9.17) is 15.2 Å². The van der Waals surface area contributed by atoms with E-state index < -0.39 is 23.2 Å². The zero-order chi connectivity index (χ0) is 23.6. The highest BCUT2D eigenvalue weighted by molar-refractivity contribution is 5.85. The van der Waals surface area contributed by atoms with Gasteiger partial charge in [-0.15, -0.1) is 0 Å². The van der Waals surface area contributed by atoms with Crippen LogP contribution in [0.2, 0.25) is 0 Å². The molecule has 1 aromatic heterocycles. The van der Waals surface area contributed by atoms with Crippen LogP contribution in [0.4, 0.5) is 13.2 Å². The summed E-state index contributed by atoms with van der Waals surface area (Å²) in [5.74, 6) is -0.216. The lowest BCUT2D eigenvalue weighted by molar-refractivity contribution is -0.142. The lowest BCUT2D eigenvalue weighted by atomic mass is 9.79. The molecule has 3 unspecified atom stereocenters. The van der Waals surface area contributed by atoms with Gasteiger partial charge in [0.15, 0.2) is 0 Å². The Morgan fingerprint density at radius 2 is 2.15 bits per heavy atom. The van der Waals surface area contributed by atoms with E-state index in [0.717, 1.165) is 17.7 Å². The molecule has 2 aliphatic rings. The number of nitrogens with two attached hydrogens (primary N) is 1. The fourth-order valence-corrected chi connectivity index (χ4v) is 4.87. The third-order valence-corrected chi connectivity index (χ3v) is 6.83. The van der Waals surface area contributed by atoms with Gasteiger partial charge in [-0.1, -0.05) is 19.1 Å². The van der Waals surface area contributed by atoms with Gasteiger partial charge >= 0.3 is 6.18 Å². The van der Waals surface area contributed by atoms with Gasteiger partial charge in [0.25, 0.3) is 0 Å². The van der Waals surface area contributed by atoms with E-state index in [2.05, 4.69) is 4.98 Å². The highest BCUT2D eigenvalue weighted by Crippen LogP contribution is 2.39. The fraction of sp³-hybridized carbons (Fsp3) is 0.500. The minimum Gasteiger partial charge on any atom is -0.489 e. The molecule has 1 amide bonds. The third kappa shape index (κ3) is 4.99. The SMILES string of the molecule is C[C@@H](c1cccnc1)C1CC(C(N)=O)(N2CCC(Oc3cccc(C(F)(F)F)c3)C2)CCO1. The van der Waals surface area contributed by atoms with E-state index in [1.165, 1.54) is 12.1 Å². The minimum atomic E-state index is -4.43. The van der Waals surface area contributed by atoms with Crippen LogP contribution < -0.4 is 10.5 Å². The average Bonchev–Trinajstić information content (AvgIpc) is 3.27. The Labute approximate surface area is 190 Å². The first kappa shape index (κ1) is 23.5. The fourth-order valence-electron chi connectivity index (χ4n) is 4.87. The van der Waals surface area contributed by atoms with E-state index in [1.807, 2.05) is 24.0 Å². The molecule has 4 rings (SSSR count). The van der Waals surface area contributed by atoms with Crippen molar-refractivity contribution in [3.63, 3.8) is 0 Å². The Hall–Kier alpha value is -2.65. The number of hydrogen-bond donors (Lipinski definition) is 1. The lowest BCUT2D eigenvalue weighted by Gasteiger charge is -2.46. The van der Waals surface area contributed by atoms with Crippen LogP contribution >= 0.6 is 0 Å². The Morgan fingerprint density at radius 1 is 1.33 bits per heavy atom. The molecular weight excluding hydrogens is 435 g/mol. The molecule has 2 aliphatic heterocycles. The molecule has 6 nitrogen and oxygen atoms in total. The summed E-state index contributed by atoms with van der Waals surface area (Å²) in [6.45, 7) is 3.42. The summed E-state index contributed by atoms with van der Waals surface area (Å²) in [4.78, 5) is 18.9. The Bertz CT molecular complexity index is 972. The number of likely N-dealkylation sites (tertiary alicyclic amines) is 1. The van der Waals surface area contributed by atoms with Crippen LogP contribution in [0.1, 0.15) is 43.2 Å². The number of carbonyl (C=O) groups is 1. The molecule has 0 saturated carbocycles. The normalized spacial score (nSPS) is 27.3. The highest BCUT2D eigenvalue weighted by Gasteiger charge is 2.50. The zero-order valence-electron chi connectivity index (χ0n) is 18.4. The van der Waals surface area contributed by atoms with Crippen molar-refractivity contribution < 1.29 is 27.4 Å². The number of nitrogens with zero attached hydrogens (tertiary/aromatic N) is 2. The van der Waals surface area contributed by atoms with Crippen LogP contribution in [0.5, 0.6) is 5.75 Å². The number of hydrogen-bond acceptors (Lipinski definition) is 5. The number of carbonyl (C=O) groups excluding carboxylic acids is 1. The van der Waals surface area contributed by atoms with E-state index >= 15 is 0 Å². The molecule has 0 bridgehead atoms. The predicted molar refractivity (Wildman–Crippen MR) is 116 cm³/mol. The molecule has 0 radical (unpaired) electrons. The van der Waals surface area contributed by atoms with Gasteiger partial charge in [0.05, 0.1) is 11.7 Å². The van der Waals surface area contributed by atoms with Gasteiger partial charge in [-0.25, -0.2) is 0 Å². The molecule has 4 atom stereocenters. The smallest absolute Gasteiger partial charge is 0.416 e. The van der Waals surface area contributed by atoms with E-state index in [9.17, 15) is 18.0 Å². The number of amides is 1. The Balaban J connectivity index is 1.47. The number of primary amides is 1. The largest absolute Gasteiger partial charge is 0.489 e. The molecule has 3 heterocycles. The summed E-state index contributed by atoms with van der Waals surface area (Å²) < 4.78 is 51.0. The van der Waals surface area contributed by atoms with E-state index in [1.54, 1.807) is 12.4 Å². The summed E-state index contributed by atoms with van der Waals surface area (Å²) in [5.41, 5.74) is 5.32. The van der Waals surface area contributed by atoms with Gasteiger partial charge in [0.1, 0.15) is 17.4 Å². The van der Waals surface area contributed by atoms with Crippen LogP contribution in [0, 0.1) is 0 Å². The zero-order valence-corrected chi connectivity index (χ0v) is 18.4. The number of aromatic nitrogens is 1. The van der Waals surface area contributed by atoms with E-state index in [-0.39, 0.29) is 23.9 Å². The summed E-state index contributed by atoms with van der Waals surface area (Å²) in [7, 11) is 0. The van der Waals surface area contributed by atoms with Crippen molar-refractivity contribution in [2.75, 3.05) is 19.7 Å². The van der Waals surface area contributed by atoms with Crippen LogP contribution in [-0.2, 0) is 15.7 Å². The molecule has 33 heavy (non-hydrogen) atoms. The molecule has 9 heteroatoms. The number of ether oxygens (including phenoxy) is 2.